The van der Waals surface area contributed by atoms with Crippen molar-refractivity contribution < 1.29 is 4.74 Å². The average molecular weight is 277 g/mol. The normalized spacial score (nSPS) is 14.3. The summed E-state index contributed by atoms with van der Waals surface area (Å²) in [5, 5.41) is 3.13. The number of allylic oxidation sites excluding steroid dienone is 1. The van der Waals surface area contributed by atoms with Gasteiger partial charge in [0.05, 0.1) is 6.61 Å². The third-order valence-electron chi connectivity index (χ3n) is 3.11. The summed E-state index contributed by atoms with van der Waals surface area (Å²) in [4.78, 5) is 15.3. The lowest BCUT2D eigenvalue weighted by atomic mass is 10.3. The van der Waals surface area contributed by atoms with Gasteiger partial charge >= 0.3 is 6.01 Å². The van der Waals surface area contributed by atoms with Crippen molar-refractivity contribution in [2.45, 2.75) is 32.6 Å². The van der Waals surface area contributed by atoms with Crippen LogP contribution in [-0.4, -0.2) is 41.2 Å². The molecule has 6 heteroatoms. The highest BCUT2D eigenvalue weighted by molar-refractivity contribution is 5.39. The summed E-state index contributed by atoms with van der Waals surface area (Å²) in [6.07, 6.45) is 6.13. The highest BCUT2D eigenvalue weighted by Gasteiger charge is 2.17. The fourth-order valence-electron chi connectivity index (χ4n) is 2.10. The van der Waals surface area contributed by atoms with Crippen LogP contribution in [0, 0.1) is 0 Å². The van der Waals surface area contributed by atoms with Gasteiger partial charge in [-0.2, -0.15) is 15.0 Å². The molecule has 1 aromatic rings. The highest BCUT2D eigenvalue weighted by Crippen LogP contribution is 2.19. The van der Waals surface area contributed by atoms with Gasteiger partial charge in [0.1, 0.15) is 0 Å². The molecule has 0 unspecified atom stereocenters. The van der Waals surface area contributed by atoms with Crippen molar-refractivity contribution in [1.82, 2.24) is 15.0 Å². The van der Waals surface area contributed by atoms with Crippen LogP contribution in [0.15, 0.2) is 12.7 Å². The summed E-state index contributed by atoms with van der Waals surface area (Å²) in [6, 6.07) is 0.405. The van der Waals surface area contributed by atoms with Gasteiger partial charge in [-0.05, 0) is 32.6 Å². The third-order valence-corrected chi connectivity index (χ3v) is 3.11. The largest absolute Gasteiger partial charge is 0.463 e. The van der Waals surface area contributed by atoms with Crippen LogP contribution in [0.3, 0.4) is 0 Å². The van der Waals surface area contributed by atoms with Gasteiger partial charge in [-0.15, -0.1) is 6.58 Å². The zero-order chi connectivity index (χ0) is 14.2. The summed E-state index contributed by atoms with van der Waals surface area (Å²) < 4.78 is 5.62. The first-order chi connectivity index (χ1) is 9.83. The number of unbranched alkanes of at least 4 members (excludes halogenated alkanes) is 1. The molecule has 110 valence electrons. The second-order valence-electron chi connectivity index (χ2n) is 4.75. The van der Waals surface area contributed by atoms with Gasteiger partial charge in [-0.25, -0.2) is 0 Å². The van der Waals surface area contributed by atoms with Crippen molar-refractivity contribution >= 4 is 11.9 Å². The van der Waals surface area contributed by atoms with Crippen LogP contribution in [0.4, 0.5) is 11.9 Å². The Kier molecular flexibility index (Phi) is 5.58. The molecule has 1 N–H and O–H groups in total. The monoisotopic (exact) mass is 277 g/mol. The van der Waals surface area contributed by atoms with E-state index in [1.54, 1.807) is 0 Å². The molecule has 2 heterocycles. The number of rotatable bonds is 8. The van der Waals surface area contributed by atoms with Gasteiger partial charge in [0.15, 0.2) is 0 Å². The van der Waals surface area contributed by atoms with E-state index >= 15 is 0 Å². The number of hydrogen-bond acceptors (Lipinski definition) is 6. The quantitative estimate of drug-likeness (QED) is 0.581. The minimum absolute atomic E-state index is 0.405. The van der Waals surface area contributed by atoms with Crippen molar-refractivity contribution in [2.75, 3.05) is 36.5 Å². The number of anilines is 2. The molecule has 0 saturated carbocycles. The maximum absolute atomic E-state index is 5.62. The molecule has 1 fully saturated rings. The third kappa shape index (κ3) is 4.08. The topological polar surface area (TPSA) is 63.2 Å². The Hall–Kier alpha value is -1.85. The fourth-order valence-corrected chi connectivity index (χ4v) is 2.10. The lowest BCUT2D eigenvalue weighted by molar-refractivity contribution is 0.287. The molecule has 0 radical (unpaired) electrons. The van der Waals surface area contributed by atoms with Crippen LogP contribution in [0.1, 0.15) is 32.6 Å². The lowest BCUT2D eigenvalue weighted by Gasteiger charge is -2.16. The van der Waals surface area contributed by atoms with Crippen LogP contribution in [0.2, 0.25) is 0 Å². The Bertz CT molecular complexity index is 432. The SMILES string of the molecule is C=CCCCOc1nc(NCC)nc(N2CCCC2)n1. The predicted molar refractivity (Wildman–Crippen MR) is 80.4 cm³/mol. The molecular formula is C14H23N5O. The summed E-state index contributed by atoms with van der Waals surface area (Å²) in [7, 11) is 0. The fraction of sp³-hybridized carbons (Fsp3) is 0.643. The smallest absolute Gasteiger partial charge is 0.323 e. The van der Waals surface area contributed by atoms with Gasteiger partial charge in [0.25, 0.3) is 0 Å². The van der Waals surface area contributed by atoms with E-state index in [9.17, 15) is 0 Å². The molecule has 0 aromatic carbocycles. The second kappa shape index (κ2) is 7.67. The van der Waals surface area contributed by atoms with Crippen molar-refractivity contribution in [3.63, 3.8) is 0 Å². The van der Waals surface area contributed by atoms with Crippen LogP contribution in [0.5, 0.6) is 6.01 Å². The summed E-state index contributed by atoms with van der Waals surface area (Å²) in [5.41, 5.74) is 0. The summed E-state index contributed by atoms with van der Waals surface area (Å²) in [6.45, 7) is 9.10. The molecule has 1 aliphatic heterocycles. The minimum atomic E-state index is 0.405. The van der Waals surface area contributed by atoms with E-state index in [1.807, 2.05) is 13.0 Å². The van der Waals surface area contributed by atoms with Gasteiger partial charge in [-0.1, -0.05) is 6.08 Å². The van der Waals surface area contributed by atoms with Gasteiger partial charge in [0, 0.05) is 19.6 Å². The first-order valence-electron chi connectivity index (χ1n) is 7.32. The first-order valence-corrected chi connectivity index (χ1v) is 7.32. The summed E-state index contributed by atoms with van der Waals surface area (Å²) in [5.74, 6) is 1.30. The lowest BCUT2D eigenvalue weighted by Crippen LogP contribution is -2.22. The Balaban J connectivity index is 2.06. The molecule has 0 aliphatic carbocycles. The van der Waals surface area contributed by atoms with Crippen LogP contribution < -0.4 is 15.0 Å². The number of ether oxygens (including phenoxy) is 1. The highest BCUT2D eigenvalue weighted by atomic mass is 16.5. The zero-order valence-corrected chi connectivity index (χ0v) is 12.1. The second-order valence-corrected chi connectivity index (χ2v) is 4.75. The Morgan fingerprint density at radius 2 is 2.10 bits per heavy atom. The van der Waals surface area contributed by atoms with E-state index in [-0.39, 0.29) is 0 Å². The molecule has 0 atom stereocenters. The molecular weight excluding hydrogens is 254 g/mol. The molecule has 1 aliphatic rings. The standard InChI is InChI=1S/C14H23N5O/c1-3-5-8-11-20-14-17-12(15-4-2)16-13(18-14)19-9-6-7-10-19/h3H,1,4-11H2,2H3,(H,15,16,17,18). The van der Waals surface area contributed by atoms with E-state index in [0.29, 0.717) is 24.5 Å². The average Bonchev–Trinajstić information content (AvgIpc) is 2.98. The molecule has 0 bridgehead atoms. The molecule has 0 spiro atoms. The van der Waals surface area contributed by atoms with Crippen molar-refractivity contribution in [3.05, 3.63) is 12.7 Å². The molecule has 1 aromatic heterocycles. The number of hydrogen-bond donors (Lipinski definition) is 1. The van der Waals surface area contributed by atoms with E-state index in [0.717, 1.165) is 32.5 Å². The van der Waals surface area contributed by atoms with E-state index < -0.39 is 0 Å². The van der Waals surface area contributed by atoms with Crippen LogP contribution >= 0.6 is 0 Å². The molecule has 6 nitrogen and oxygen atoms in total. The minimum Gasteiger partial charge on any atom is -0.463 e. The Labute approximate surface area is 120 Å². The molecule has 2 rings (SSSR count). The Morgan fingerprint density at radius 3 is 2.80 bits per heavy atom. The first kappa shape index (κ1) is 14.6. The van der Waals surface area contributed by atoms with E-state index in [2.05, 4.69) is 31.7 Å². The number of aromatic nitrogens is 3. The van der Waals surface area contributed by atoms with E-state index in [1.165, 1.54) is 12.8 Å². The predicted octanol–water partition coefficient (Wildman–Crippen LogP) is 2.25. The molecule has 1 saturated heterocycles. The maximum Gasteiger partial charge on any atom is 0.323 e. The van der Waals surface area contributed by atoms with Crippen molar-refractivity contribution in [1.29, 1.82) is 0 Å². The van der Waals surface area contributed by atoms with Gasteiger partial charge in [0.2, 0.25) is 11.9 Å². The van der Waals surface area contributed by atoms with Gasteiger partial charge < -0.3 is 15.0 Å². The van der Waals surface area contributed by atoms with Crippen LogP contribution in [0.25, 0.3) is 0 Å². The molecule has 0 amide bonds. The van der Waals surface area contributed by atoms with Gasteiger partial charge in [-0.3, -0.25) is 0 Å². The number of nitrogens with zero attached hydrogens (tertiary/aromatic N) is 4. The van der Waals surface area contributed by atoms with Crippen molar-refractivity contribution in [3.8, 4) is 6.01 Å². The number of nitrogens with one attached hydrogen (secondary N) is 1. The van der Waals surface area contributed by atoms with E-state index in [4.69, 9.17) is 4.74 Å². The maximum atomic E-state index is 5.62. The van der Waals surface area contributed by atoms with Crippen molar-refractivity contribution in [2.24, 2.45) is 0 Å². The summed E-state index contributed by atoms with van der Waals surface area (Å²) >= 11 is 0. The Morgan fingerprint density at radius 1 is 1.30 bits per heavy atom. The van der Waals surface area contributed by atoms with Crippen LogP contribution in [-0.2, 0) is 0 Å². The molecule has 20 heavy (non-hydrogen) atoms. The zero-order valence-electron chi connectivity index (χ0n) is 12.1.